The Morgan fingerprint density at radius 2 is 1.00 bits per heavy atom. The van der Waals surface area contributed by atoms with Crippen molar-refractivity contribution >= 4 is 35.0 Å². The van der Waals surface area contributed by atoms with Crippen LogP contribution in [0.2, 0.25) is 10.0 Å². The van der Waals surface area contributed by atoms with E-state index in [0.717, 1.165) is 11.1 Å². The largest absolute Gasteiger partial charge is 0.352 e. The van der Waals surface area contributed by atoms with Crippen molar-refractivity contribution in [3.8, 4) is 0 Å². The Labute approximate surface area is 186 Å². The molecule has 2 N–H and O–H groups in total. The zero-order valence-corrected chi connectivity index (χ0v) is 17.8. The molecule has 0 bridgehead atoms. The highest BCUT2D eigenvalue weighted by atomic mass is 35.5. The molecule has 0 atom stereocenters. The van der Waals surface area contributed by atoms with Gasteiger partial charge in [-0.25, -0.2) is 0 Å². The van der Waals surface area contributed by atoms with E-state index in [9.17, 15) is 9.59 Å². The van der Waals surface area contributed by atoms with Gasteiger partial charge in [-0.2, -0.15) is 0 Å². The van der Waals surface area contributed by atoms with Gasteiger partial charge in [-0.05, 0) is 36.1 Å². The van der Waals surface area contributed by atoms with E-state index >= 15 is 0 Å². The fourth-order valence-corrected chi connectivity index (χ4v) is 3.37. The van der Waals surface area contributed by atoms with Crippen LogP contribution in [0.1, 0.15) is 31.8 Å². The predicted octanol–water partition coefficient (Wildman–Crippen LogP) is 4.94. The maximum Gasteiger partial charge on any atom is 0.252 e. The summed E-state index contributed by atoms with van der Waals surface area (Å²) in [6.45, 7) is 0.885. The zero-order chi connectivity index (χ0) is 21.3. The van der Waals surface area contributed by atoms with E-state index in [4.69, 9.17) is 23.2 Å². The molecule has 6 heteroatoms. The molecule has 0 aliphatic carbocycles. The van der Waals surface area contributed by atoms with Crippen LogP contribution in [0, 0.1) is 0 Å². The minimum Gasteiger partial charge on any atom is -0.352 e. The highest BCUT2D eigenvalue weighted by Gasteiger charge is 2.19. The topological polar surface area (TPSA) is 58.2 Å². The minimum absolute atomic E-state index is 0.203. The summed E-state index contributed by atoms with van der Waals surface area (Å²) in [5.41, 5.74) is 2.64. The maximum atomic E-state index is 12.7. The summed E-state index contributed by atoms with van der Waals surface area (Å²) in [6, 6.07) is 22.6. The molecule has 0 aliphatic rings. The molecule has 0 saturated heterocycles. The van der Waals surface area contributed by atoms with Crippen molar-refractivity contribution in [3.05, 3.63) is 105 Å². The molecule has 0 unspecified atom stereocenters. The minimum atomic E-state index is -0.363. The first-order valence-electron chi connectivity index (χ1n) is 9.68. The molecule has 0 heterocycles. The Hall–Kier alpha value is -2.82. The standard InChI is InChI=1S/C24H22Cl2N2O2/c25-21-15-19(23(29)27-13-11-17-7-3-1-4-8-17)20(16-22(21)26)24(30)28-14-12-18-9-5-2-6-10-18/h1-10,15-16H,11-14H2,(H,27,29)(H,28,30). The van der Waals surface area contributed by atoms with Gasteiger partial charge in [0, 0.05) is 13.1 Å². The van der Waals surface area contributed by atoms with E-state index in [2.05, 4.69) is 10.6 Å². The van der Waals surface area contributed by atoms with Crippen LogP contribution in [0.5, 0.6) is 0 Å². The van der Waals surface area contributed by atoms with Crippen LogP contribution in [0.25, 0.3) is 0 Å². The molecule has 0 radical (unpaired) electrons. The molecule has 0 fully saturated rings. The van der Waals surface area contributed by atoms with Crippen LogP contribution in [0.3, 0.4) is 0 Å². The third-order valence-corrected chi connectivity index (χ3v) is 5.36. The van der Waals surface area contributed by atoms with Gasteiger partial charge < -0.3 is 10.6 Å². The van der Waals surface area contributed by atoms with E-state index in [0.29, 0.717) is 25.9 Å². The third-order valence-electron chi connectivity index (χ3n) is 4.63. The van der Waals surface area contributed by atoms with E-state index in [-0.39, 0.29) is 33.0 Å². The number of nitrogens with one attached hydrogen (secondary N) is 2. The number of amides is 2. The highest BCUT2D eigenvalue weighted by Crippen LogP contribution is 2.26. The van der Waals surface area contributed by atoms with E-state index in [1.54, 1.807) is 0 Å². The number of carbonyl (C=O) groups is 2. The van der Waals surface area contributed by atoms with E-state index < -0.39 is 0 Å². The monoisotopic (exact) mass is 440 g/mol. The summed E-state index contributed by atoms with van der Waals surface area (Å²) in [5, 5.41) is 6.16. The van der Waals surface area contributed by atoms with Gasteiger partial charge in [-0.3, -0.25) is 9.59 Å². The summed E-state index contributed by atoms with van der Waals surface area (Å²) >= 11 is 12.2. The number of halogens is 2. The molecule has 3 aromatic rings. The Morgan fingerprint density at radius 3 is 1.37 bits per heavy atom. The average molecular weight is 441 g/mol. The molecule has 3 aromatic carbocycles. The van der Waals surface area contributed by atoms with Gasteiger partial charge in [0.1, 0.15) is 0 Å². The Kier molecular flexibility index (Phi) is 7.89. The molecule has 2 amide bonds. The van der Waals surface area contributed by atoms with Gasteiger partial charge in [-0.1, -0.05) is 83.9 Å². The SMILES string of the molecule is O=C(NCCc1ccccc1)c1cc(Cl)c(Cl)cc1C(=O)NCCc1ccccc1. The van der Waals surface area contributed by atoms with Gasteiger partial charge >= 0.3 is 0 Å². The summed E-state index contributed by atoms with van der Waals surface area (Å²) in [5.74, 6) is -0.726. The summed E-state index contributed by atoms with van der Waals surface area (Å²) in [4.78, 5) is 25.5. The second-order valence-corrected chi connectivity index (χ2v) is 7.61. The molecular formula is C24H22Cl2N2O2. The zero-order valence-electron chi connectivity index (χ0n) is 16.3. The maximum absolute atomic E-state index is 12.7. The first kappa shape index (κ1) is 21.9. The molecule has 3 rings (SSSR count). The molecule has 0 spiro atoms. The summed E-state index contributed by atoms with van der Waals surface area (Å²) in [6.07, 6.45) is 1.37. The Bertz CT molecular complexity index is 926. The summed E-state index contributed by atoms with van der Waals surface area (Å²) in [7, 11) is 0. The van der Waals surface area contributed by atoms with Crippen molar-refractivity contribution in [1.82, 2.24) is 10.6 Å². The van der Waals surface area contributed by atoms with Gasteiger partial charge in [-0.15, -0.1) is 0 Å². The van der Waals surface area contributed by atoms with Crippen LogP contribution in [-0.2, 0) is 12.8 Å². The van der Waals surface area contributed by atoms with Crippen LogP contribution in [0.15, 0.2) is 72.8 Å². The van der Waals surface area contributed by atoms with Crippen molar-refractivity contribution in [1.29, 1.82) is 0 Å². The Balaban J connectivity index is 1.65. The van der Waals surface area contributed by atoms with Crippen molar-refractivity contribution in [2.24, 2.45) is 0 Å². The van der Waals surface area contributed by atoms with Crippen LogP contribution in [0.4, 0.5) is 0 Å². The predicted molar refractivity (Wildman–Crippen MR) is 121 cm³/mol. The summed E-state index contributed by atoms with van der Waals surface area (Å²) < 4.78 is 0. The number of rotatable bonds is 8. The van der Waals surface area contributed by atoms with Crippen LogP contribution in [-0.4, -0.2) is 24.9 Å². The molecule has 0 aromatic heterocycles. The lowest BCUT2D eigenvalue weighted by atomic mass is 10.1. The number of carbonyl (C=O) groups excluding carboxylic acids is 2. The molecule has 4 nitrogen and oxygen atoms in total. The molecular weight excluding hydrogens is 419 g/mol. The van der Waals surface area contributed by atoms with Crippen molar-refractivity contribution < 1.29 is 9.59 Å². The molecule has 30 heavy (non-hydrogen) atoms. The third kappa shape index (κ3) is 6.09. The van der Waals surface area contributed by atoms with Crippen molar-refractivity contribution in [3.63, 3.8) is 0 Å². The fourth-order valence-electron chi connectivity index (χ4n) is 3.04. The first-order chi connectivity index (χ1) is 14.5. The molecule has 0 aliphatic heterocycles. The molecule has 154 valence electrons. The van der Waals surface area contributed by atoms with Crippen molar-refractivity contribution in [2.75, 3.05) is 13.1 Å². The number of hydrogen-bond donors (Lipinski definition) is 2. The number of hydrogen-bond acceptors (Lipinski definition) is 2. The van der Waals surface area contributed by atoms with Gasteiger partial charge in [0.05, 0.1) is 21.2 Å². The highest BCUT2D eigenvalue weighted by molar-refractivity contribution is 6.42. The van der Waals surface area contributed by atoms with Gasteiger partial charge in [0.2, 0.25) is 0 Å². The number of benzene rings is 3. The molecule has 0 saturated carbocycles. The van der Waals surface area contributed by atoms with Gasteiger partial charge in [0.25, 0.3) is 11.8 Å². The average Bonchev–Trinajstić information content (AvgIpc) is 2.76. The van der Waals surface area contributed by atoms with Crippen molar-refractivity contribution in [2.45, 2.75) is 12.8 Å². The Morgan fingerprint density at radius 1 is 0.633 bits per heavy atom. The lowest BCUT2D eigenvalue weighted by Crippen LogP contribution is -2.31. The van der Waals surface area contributed by atoms with E-state index in [1.807, 2.05) is 60.7 Å². The lowest BCUT2D eigenvalue weighted by molar-refractivity contribution is 0.0920. The fraction of sp³-hybridized carbons (Fsp3) is 0.167. The smallest absolute Gasteiger partial charge is 0.252 e. The second kappa shape index (κ2) is 10.8. The lowest BCUT2D eigenvalue weighted by Gasteiger charge is -2.12. The van der Waals surface area contributed by atoms with Crippen LogP contribution >= 0.6 is 23.2 Å². The second-order valence-electron chi connectivity index (χ2n) is 6.79. The van der Waals surface area contributed by atoms with Crippen LogP contribution < -0.4 is 10.6 Å². The van der Waals surface area contributed by atoms with Gasteiger partial charge in [0.15, 0.2) is 0 Å². The normalized spacial score (nSPS) is 10.5. The quantitative estimate of drug-likeness (QED) is 0.521. The van der Waals surface area contributed by atoms with E-state index in [1.165, 1.54) is 12.1 Å². The first-order valence-corrected chi connectivity index (χ1v) is 10.4.